The Labute approximate surface area is 131 Å². The standard InChI is InChI=1S/C15H20N4O.ClH/c1-11(2)9-14-17-15(20-18-14)10-19-8-7-16-12-5-3-4-6-13(12)19;/h3-6,11,16H,7-10H2,1-2H3;1H. The molecule has 2 aromatic rings. The topological polar surface area (TPSA) is 54.2 Å². The molecule has 1 aliphatic heterocycles. The molecule has 6 heteroatoms. The van der Waals surface area contributed by atoms with Crippen LogP contribution in [0.25, 0.3) is 0 Å². The van der Waals surface area contributed by atoms with Crippen LogP contribution in [0.5, 0.6) is 0 Å². The quantitative estimate of drug-likeness (QED) is 0.940. The van der Waals surface area contributed by atoms with E-state index in [0.717, 1.165) is 25.3 Å². The van der Waals surface area contributed by atoms with E-state index in [1.54, 1.807) is 0 Å². The molecule has 0 fully saturated rings. The number of rotatable bonds is 4. The zero-order chi connectivity index (χ0) is 13.9. The minimum Gasteiger partial charge on any atom is -0.382 e. The molecule has 0 atom stereocenters. The minimum atomic E-state index is 0. The van der Waals surface area contributed by atoms with Crippen LogP contribution in [0.1, 0.15) is 25.6 Å². The normalized spacial score (nSPS) is 13.6. The number of hydrogen-bond donors (Lipinski definition) is 1. The molecule has 1 N–H and O–H groups in total. The van der Waals surface area contributed by atoms with Crippen LogP contribution in [0, 0.1) is 5.92 Å². The van der Waals surface area contributed by atoms with Gasteiger partial charge in [0.15, 0.2) is 5.82 Å². The molecular formula is C15H21ClN4O. The summed E-state index contributed by atoms with van der Waals surface area (Å²) in [6, 6.07) is 8.31. The molecular weight excluding hydrogens is 288 g/mol. The Morgan fingerprint density at radius 1 is 1.33 bits per heavy atom. The Kier molecular flexibility index (Phi) is 5.07. The van der Waals surface area contributed by atoms with Gasteiger partial charge in [0.2, 0.25) is 5.89 Å². The molecule has 0 spiro atoms. The van der Waals surface area contributed by atoms with E-state index in [2.05, 4.69) is 52.4 Å². The number of halogens is 1. The number of nitrogens with one attached hydrogen (secondary N) is 1. The van der Waals surface area contributed by atoms with Crippen LogP contribution >= 0.6 is 12.4 Å². The number of para-hydroxylation sites is 2. The fourth-order valence-electron chi connectivity index (χ4n) is 2.47. The first kappa shape index (κ1) is 15.6. The maximum absolute atomic E-state index is 5.36. The summed E-state index contributed by atoms with van der Waals surface area (Å²) in [5, 5.41) is 7.45. The second kappa shape index (κ2) is 6.80. The highest BCUT2D eigenvalue weighted by molar-refractivity contribution is 5.85. The third-order valence-corrected chi connectivity index (χ3v) is 3.37. The minimum absolute atomic E-state index is 0. The van der Waals surface area contributed by atoms with E-state index in [9.17, 15) is 0 Å². The van der Waals surface area contributed by atoms with Gasteiger partial charge in [-0.05, 0) is 18.1 Å². The summed E-state index contributed by atoms with van der Waals surface area (Å²) in [6.07, 6.45) is 0.863. The van der Waals surface area contributed by atoms with E-state index in [0.29, 0.717) is 18.4 Å². The highest BCUT2D eigenvalue weighted by Gasteiger charge is 2.18. The average molecular weight is 309 g/mol. The van der Waals surface area contributed by atoms with Gasteiger partial charge in [0.25, 0.3) is 0 Å². The predicted octanol–water partition coefficient (Wildman–Crippen LogP) is 3.12. The van der Waals surface area contributed by atoms with Crippen molar-refractivity contribution in [1.82, 2.24) is 10.1 Å². The fraction of sp³-hybridized carbons (Fsp3) is 0.467. The van der Waals surface area contributed by atoms with Crippen molar-refractivity contribution >= 4 is 23.8 Å². The van der Waals surface area contributed by atoms with Crippen molar-refractivity contribution in [3.8, 4) is 0 Å². The first-order valence-electron chi connectivity index (χ1n) is 7.11. The summed E-state index contributed by atoms with van der Waals surface area (Å²) in [4.78, 5) is 6.75. The molecule has 0 saturated heterocycles. The molecule has 0 radical (unpaired) electrons. The Hall–Kier alpha value is -1.75. The molecule has 5 nitrogen and oxygen atoms in total. The van der Waals surface area contributed by atoms with E-state index < -0.39 is 0 Å². The maximum Gasteiger partial charge on any atom is 0.246 e. The lowest BCUT2D eigenvalue weighted by molar-refractivity contribution is 0.369. The van der Waals surface area contributed by atoms with Crippen LogP contribution < -0.4 is 10.2 Å². The van der Waals surface area contributed by atoms with Crippen molar-refractivity contribution < 1.29 is 4.52 Å². The third kappa shape index (κ3) is 3.67. The molecule has 114 valence electrons. The predicted molar refractivity (Wildman–Crippen MR) is 86.1 cm³/mol. The van der Waals surface area contributed by atoms with Gasteiger partial charge in [-0.25, -0.2) is 0 Å². The van der Waals surface area contributed by atoms with E-state index in [4.69, 9.17) is 4.52 Å². The molecule has 3 rings (SSSR count). The van der Waals surface area contributed by atoms with E-state index >= 15 is 0 Å². The Balaban J connectivity index is 0.00000161. The number of hydrogen-bond acceptors (Lipinski definition) is 5. The van der Waals surface area contributed by atoms with Crippen molar-refractivity contribution in [1.29, 1.82) is 0 Å². The van der Waals surface area contributed by atoms with Gasteiger partial charge in [-0.2, -0.15) is 4.98 Å². The molecule has 0 aliphatic carbocycles. The second-order valence-corrected chi connectivity index (χ2v) is 5.57. The number of aromatic nitrogens is 2. The van der Waals surface area contributed by atoms with Gasteiger partial charge in [0.1, 0.15) is 0 Å². The Bertz CT molecular complexity index is 585. The van der Waals surface area contributed by atoms with Crippen LogP contribution in [0.2, 0.25) is 0 Å². The van der Waals surface area contributed by atoms with Crippen molar-refractivity contribution in [2.24, 2.45) is 5.92 Å². The first-order valence-corrected chi connectivity index (χ1v) is 7.11. The van der Waals surface area contributed by atoms with Crippen molar-refractivity contribution in [3.63, 3.8) is 0 Å². The summed E-state index contributed by atoms with van der Waals surface area (Å²) >= 11 is 0. The number of anilines is 2. The summed E-state index contributed by atoms with van der Waals surface area (Å²) < 4.78 is 5.36. The smallest absolute Gasteiger partial charge is 0.246 e. The van der Waals surface area contributed by atoms with Gasteiger partial charge >= 0.3 is 0 Å². The molecule has 21 heavy (non-hydrogen) atoms. The lowest BCUT2D eigenvalue weighted by Gasteiger charge is -2.30. The van der Waals surface area contributed by atoms with Crippen LogP contribution in [0.4, 0.5) is 11.4 Å². The lowest BCUT2D eigenvalue weighted by Crippen LogP contribution is -2.33. The SMILES string of the molecule is CC(C)Cc1noc(CN2CCNc3ccccc32)n1.Cl. The summed E-state index contributed by atoms with van der Waals surface area (Å²) in [6.45, 7) is 6.86. The van der Waals surface area contributed by atoms with Crippen LogP contribution in [0.3, 0.4) is 0 Å². The zero-order valence-electron chi connectivity index (χ0n) is 12.4. The van der Waals surface area contributed by atoms with Gasteiger partial charge in [-0.15, -0.1) is 12.4 Å². The van der Waals surface area contributed by atoms with E-state index in [-0.39, 0.29) is 12.4 Å². The monoisotopic (exact) mass is 308 g/mol. The number of fused-ring (bicyclic) bond motifs is 1. The highest BCUT2D eigenvalue weighted by atomic mass is 35.5. The summed E-state index contributed by atoms with van der Waals surface area (Å²) in [5.74, 6) is 2.04. The van der Waals surface area contributed by atoms with Crippen molar-refractivity contribution in [2.45, 2.75) is 26.8 Å². The van der Waals surface area contributed by atoms with Gasteiger partial charge in [0.05, 0.1) is 17.9 Å². The number of benzene rings is 1. The maximum atomic E-state index is 5.36. The summed E-state index contributed by atoms with van der Waals surface area (Å²) in [5.41, 5.74) is 2.36. The Morgan fingerprint density at radius 2 is 2.14 bits per heavy atom. The first-order chi connectivity index (χ1) is 9.72. The zero-order valence-corrected chi connectivity index (χ0v) is 13.2. The van der Waals surface area contributed by atoms with E-state index in [1.807, 2.05) is 6.07 Å². The van der Waals surface area contributed by atoms with Gasteiger partial charge in [0, 0.05) is 19.5 Å². The van der Waals surface area contributed by atoms with Gasteiger partial charge in [-0.1, -0.05) is 31.1 Å². The van der Waals surface area contributed by atoms with Crippen LogP contribution in [0.15, 0.2) is 28.8 Å². The molecule has 0 bridgehead atoms. The van der Waals surface area contributed by atoms with Crippen LogP contribution in [-0.2, 0) is 13.0 Å². The highest BCUT2D eigenvalue weighted by Crippen LogP contribution is 2.29. The number of nitrogens with zero attached hydrogens (tertiary/aromatic N) is 3. The molecule has 1 aliphatic rings. The average Bonchev–Trinajstić information content (AvgIpc) is 2.86. The molecule has 1 aromatic carbocycles. The Morgan fingerprint density at radius 3 is 2.95 bits per heavy atom. The fourth-order valence-corrected chi connectivity index (χ4v) is 2.47. The van der Waals surface area contributed by atoms with Gasteiger partial charge in [-0.3, -0.25) is 0 Å². The third-order valence-electron chi connectivity index (χ3n) is 3.37. The largest absolute Gasteiger partial charge is 0.382 e. The molecule has 0 unspecified atom stereocenters. The van der Waals surface area contributed by atoms with Gasteiger partial charge < -0.3 is 14.7 Å². The van der Waals surface area contributed by atoms with Crippen molar-refractivity contribution in [2.75, 3.05) is 23.3 Å². The van der Waals surface area contributed by atoms with E-state index in [1.165, 1.54) is 11.4 Å². The molecule has 0 amide bonds. The molecule has 1 aromatic heterocycles. The summed E-state index contributed by atoms with van der Waals surface area (Å²) in [7, 11) is 0. The second-order valence-electron chi connectivity index (χ2n) is 5.57. The van der Waals surface area contributed by atoms with Crippen molar-refractivity contribution in [3.05, 3.63) is 36.0 Å². The molecule has 2 heterocycles. The molecule has 0 saturated carbocycles. The van der Waals surface area contributed by atoms with Crippen LogP contribution in [-0.4, -0.2) is 23.2 Å². The lowest BCUT2D eigenvalue weighted by atomic mass is 10.1.